The predicted octanol–water partition coefficient (Wildman–Crippen LogP) is -0.337. The van der Waals surface area contributed by atoms with Crippen molar-refractivity contribution in [1.82, 2.24) is 15.2 Å². The molecule has 2 aromatic rings. The van der Waals surface area contributed by atoms with Crippen LogP contribution >= 0.6 is 0 Å². The van der Waals surface area contributed by atoms with Crippen LogP contribution in [0.1, 0.15) is 5.76 Å². The van der Waals surface area contributed by atoms with Gasteiger partial charge in [0, 0.05) is 0 Å². The molecule has 0 aliphatic rings. The molecule has 0 spiro atoms. The first kappa shape index (κ1) is 9.25. The van der Waals surface area contributed by atoms with E-state index in [0.717, 1.165) is 0 Å². The monoisotopic (exact) mass is 208 g/mol. The highest BCUT2D eigenvalue weighted by Crippen LogP contribution is 2.01. The zero-order chi connectivity index (χ0) is 10.7. The molecule has 7 heteroatoms. The van der Waals surface area contributed by atoms with Gasteiger partial charge in [0.05, 0.1) is 12.8 Å². The maximum absolute atomic E-state index is 11.2. The van der Waals surface area contributed by atoms with Gasteiger partial charge in [0.15, 0.2) is 0 Å². The van der Waals surface area contributed by atoms with Crippen LogP contribution in [0.15, 0.2) is 32.4 Å². The Morgan fingerprint density at radius 2 is 2.33 bits per heavy atom. The Labute approximate surface area is 83.1 Å². The third kappa shape index (κ3) is 2.13. The summed E-state index contributed by atoms with van der Waals surface area (Å²) in [6.45, 7) is 0.328. The SMILES string of the molecule is O=c1[nH]nc(NCc2ccco2)c(=O)[nH]1. The highest BCUT2D eigenvalue weighted by molar-refractivity contribution is 5.29. The van der Waals surface area contributed by atoms with Crippen molar-refractivity contribution in [1.29, 1.82) is 0 Å². The molecule has 0 radical (unpaired) electrons. The summed E-state index contributed by atoms with van der Waals surface area (Å²) in [7, 11) is 0. The van der Waals surface area contributed by atoms with Crippen molar-refractivity contribution in [2.75, 3.05) is 5.32 Å². The summed E-state index contributed by atoms with van der Waals surface area (Å²) in [6.07, 6.45) is 1.53. The second-order valence-corrected chi connectivity index (χ2v) is 2.79. The molecule has 78 valence electrons. The molecule has 7 nitrogen and oxygen atoms in total. The summed E-state index contributed by atoms with van der Waals surface area (Å²) in [6, 6.07) is 3.49. The molecule has 0 saturated heterocycles. The Morgan fingerprint density at radius 1 is 1.47 bits per heavy atom. The van der Waals surface area contributed by atoms with Crippen LogP contribution in [-0.2, 0) is 6.54 Å². The van der Waals surface area contributed by atoms with Crippen molar-refractivity contribution < 1.29 is 4.42 Å². The second kappa shape index (κ2) is 3.82. The average molecular weight is 208 g/mol. The van der Waals surface area contributed by atoms with E-state index in [1.54, 1.807) is 12.1 Å². The van der Waals surface area contributed by atoms with E-state index in [4.69, 9.17) is 4.42 Å². The van der Waals surface area contributed by atoms with Crippen molar-refractivity contribution in [2.24, 2.45) is 0 Å². The predicted molar refractivity (Wildman–Crippen MR) is 51.5 cm³/mol. The number of hydrogen-bond acceptors (Lipinski definition) is 5. The molecule has 2 rings (SSSR count). The second-order valence-electron chi connectivity index (χ2n) is 2.79. The van der Waals surface area contributed by atoms with Gasteiger partial charge in [-0.2, -0.15) is 0 Å². The molecule has 15 heavy (non-hydrogen) atoms. The lowest BCUT2D eigenvalue weighted by Gasteiger charge is -1.99. The fraction of sp³-hybridized carbons (Fsp3) is 0.125. The average Bonchev–Trinajstić information content (AvgIpc) is 2.69. The Morgan fingerprint density at radius 3 is 3.00 bits per heavy atom. The molecule has 0 atom stereocenters. The quantitative estimate of drug-likeness (QED) is 0.640. The van der Waals surface area contributed by atoms with Gasteiger partial charge >= 0.3 is 5.69 Å². The first-order chi connectivity index (χ1) is 7.25. The third-order valence-corrected chi connectivity index (χ3v) is 1.72. The number of aromatic nitrogens is 3. The lowest BCUT2D eigenvalue weighted by atomic mass is 10.4. The zero-order valence-electron chi connectivity index (χ0n) is 7.61. The van der Waals surface area contributed by atoms with Crippen LogP contribution in [0.3, 0.4) is 0 Å². The topological polar surface area (TPSA) is 104 Å². The molecule has 0 aromatic carbocycles. The summed E-state index contributed by atoms with van der Waals surface area (Å²) >= 11 is 0. The Bertz CT molecular complexity index is 540. The first-order valence-corrected chi connectivity index (χ1v) is 4.21. The lowest BCUT2D eigenvalue weighted by molar-refractivity contribution is 0.517. The molecule has 0 bridgehead atoms. The van der Waals surface area contributed by atoms with Gasteiger partial charge in [-0.1, -0.05) is 0 Å². The fourth-order valence-corrected chi connectivity index (χ4v) is 1.05. The van der Waals surface area contributed by atoms with Gasteiger partial charge in [0.1, 0.15) is 5.76 Å². The van der Waals surface area contributed by atoms with Crippen molar-refractivity contribution in [3.63, 3.8) is 0 Å². The van der Waals surface area contributed by atoms with Gasteiger partial charge in [0.25, 0.3) is 5.56 Å². The standard InChI is InChI=1S/C8H8N4O3/c13-7-6(11-12-8(14)10-7)9-4-5-2-1-3-15-5/h1-3H,4H2,(H,9,11)(H2,10,12,13,14). The van der Waals surface area contributed by atoms with Crippen LogP contribution in [0, 0.1) is 0 Å². The summed E-state index contributed by atoms with van der Waals surface area (Å²) < 4.78 is 5.04. The Hall–Kier alpha value is -2.31. The maximum Gasteiger partial charge on any atom is 0.342 e. The number of rotatable bonds is 3. The molecule has 0 aliphatic heterocycles. The number of hydrogen-bond donors (Lipinski definition) is 3. The number of H-pyrrole nitrogens is 2. The van der Waals surface area contributed by atoms with Gasteiger partial charge in [-0.3, -0.25) is 9.78 Å². The normalized spacial score (nSPS) is 10.1. The van der Waals surface area contributed by atoms with Crippen LogP contribution < -0.4 is 16.6 Å². The van der Waals surface area contributed by atoms with Gasteiger partial charge in [-0.15, -0.1) is 5.10 Å². The highest BCUT2D eigenvalue weighted by Gasteiger charge is 2.02. The molecule has 2 heterocycles. The van der Waals surface area contributed by atoms with Gasteiger partial charge in [-0.05, 0) is 12.1 Å². The fourth-order valence-electron chi connectivity index (χ4n) is 1.05. The highest BCUT2D eigenvalue weighted by atomic mass is 16.3. The van der Waals surface area contributed by atoms with Crippen molar-refractivity contribution in [2.45, 2.75) is 6.54 Å². The van der Waals surface area contributed by atoms with E-state index in [1.165, 1.54) is 6.26 Å². The van der Waals surface area contributed by atoms with Crippen LogP contribution in [0.5, 0.6) is 0 Å². The number of furan rings is 1. The Balaban J connectivity index is 2.12. The first-order valence-electron chi connectivity index (χ1n) is 4.21. The molecule has 0 fully saturated rings. The number of nitrogens with one attached hydrogen (secondary N) is 3. The van der Waals surface area contributed by atoms with E-state index >= 15 is 0 Å². The van der Waals surface area contributed by atoms with Gasteiger partial charge in [0.2, 0.25) is 5.82 Å². The summed E-state index contributed by atoms with van der Waals surface area (Å²) in [5.41, 5.74) is -1.20. The van der Waals surface area contributed by atoms with E-state index in [9.17, 15) is 9.59 Å². The minimum absolute atomic E-state index is 0.0472. The summed E-state index contributed by atoms with van der Waals surface area (Å²) in [5.74, 6) is 0.716. The van der Waals surface area contributed by atoms with Crippen LogP contribution in [0.2, 0.25) is 0 Å². The molecular weight excluding hydrogens is 200 g/mol. The largest absolute Gasteiger partial charge is 0.467 e. The molecule has 0 saturated carbocycles. The number of anilines is 1. The third-order valence-electron chi connectivity index (χ3n) is 1.72. The smallest absolute Gasteiger partial charge is 0.342 e. The molecule has 0 unspecified atom stereocenters. The van der Waals surface area contributed by atoms with Crippen molar-refractivity contribution >= 4 is 5.82 Å². The van der Waals surface area contributed by atoms with Crippen molar-refractivity contribution in [3.8, 4) is 0 Å². The van der Waals surface area contributed by atoms with E-state index in [1.807, 2.05) is 4.98 Å². The number of nitrogens with zero attached hydrogens (tertiary/aromatic N) is 1. The Kier molecular flexibility index (Phi) is 2.36. The van der Waals surface area contributed by atoms with E-state index in [-0.39, 0.29) is 5.82 Å². The molecule has 3 N–H and O–H groups in total. The molecule has 0 amide bonds. The summed E-state index contributed by atoms with van der Waals surface area (Å²) in [4.78, 5) is 23.9. The number of aromatic amines is 2. The lowest BCUT2D eigenvalue weighted by Crippen LogP contribution is -2.26. The van der Waals surface area contributed by atoms with Crippen molar-refractivity contribution in [3.05, 3.63) is 45.0 Å². The van der Waals surface area contributed by atoms with Gasteiger partial charge in [-0.25, -0.2) is 9.89 Å². The molecule has 2 aromatic heterocycles. The minimum atomic E-state index is -0.636. The van der Waals surface area contributed by atoms with Gasteiger partial charge < -0.3 is 9.73 Å². The zero-order valence-corrected chi connectivity index (χ0v) is 7.61. The molecule has 0 aliphatic carbocycles. The summed E-state index contributed by atoms with van der Waals surface area (Å²) in [5, 5.41) is 8.38. The van der Waals surface area contributed by atoms with E-state index < -0.39 is 11.2 Å². The molecular formula is C8H8N4O3. The van der Waals surface area contributed by atoms with E-state index in [0.29, 0.717) is 12.3 Å². The van der Waals surface area contributed by atoms with E-state index in [2.05, 4.69) is 15.5 Å². The minimum Gasteiger partial charge on any atom is -0.467 e. The maximum atomic E-state index is 11.2. The van der Waals surface area contributed by atoms with Crippen LogP contribution in [0.25, 0.3) is 0 Å². The van der Waals surface area contributed by atoms with Crippen LogP contribution in [0.4, 0.5) is 5.82 Å². The van der Waals surface area contributed by atoms with Crippen LogP contribution in [-0.4, -0.2) is 15.2 Å².